The molecule has 4 saturated carbocycles. The van der Waals surface area contributed by atoms with E-state index in [0.29, 0.717) is 6.04 Å². The molecule has 0 radical (unpaired) electrons. The molecule has 0 atom stereocenters. The molecule has 4 fully saturated rings. The molecule has 0 aliphatic heterocycles. The predicted molar refractivity (Wildman–Crippen MR) is 74.9 cm³/mol. The Balaban J connectivity index is 1.58. The second kappa shape index (κ2) is 4.75. The average Bonchev–Trinajstić information content (AvgIpc) is 2.30. The van der Waals surface area contributed by atoms with Crippen molar-refractivity contribution in [2.75, 3.05) is 6.54 Å². The van der Waals surface area contributed by atoms with Crippen LogP contribution in [0, 0.1) is 23.7 Å². The van der Waals surface area contributed by atoms with Gasteiger partial charge in [0.2, 0.25) is 0 Å². The first-order chi connectivity index (χ1) is 8.26. The average molecular weight is 252 g/mol. The van der Waals surface area contributed by atoms with Crippen molar-refractivity contribution >= 4 is 17.3 Å². The molecule has 17 heavy (non-hydrogen) atoms. The van der Waals surface area contributed by atoms with Crippen LogP contribution in [-0.4, -0.2) is 17.7 Å². The molecule has 2 N–H and O–H groups in total. The number of hydrogen-bond acceptors (Lipinski definition) is 1. The number of thiocarbonyl (C=S) groups is 1. The number of nitrogens with one attached hydrogen (secondary N) is 2. The molecular formula is C14H24N2S. The van der Waals surface area contributed by atoms with Gasteiger partial charge in [0.15, 0.2) is 5.11 Å². The molecule has 0 aromatic carbocycles. The van der Waals surface area contributed by atoms with E-state index in [-0.39, 0.29) is 0 Å². The van der Waals surface area contributed by atoms with Crippen molar-refractivity contribution in [2.24, 2.45) is 23.7 Å². The van der Waals surface area contributed by atoms with Crippen molar-refractivity contribution in [3.8, 4) is 0 Å². The maximum absolute atomic E-state index is 5.40. The van der Waals surface area contributed by atoms with Crippen LogP contribution in [0.25, 0.3) is 0 Å². The Morgan fingerprint density at radius 2 is 1.65 bits per heavy atom. The lowest BCUT2D eigenvalue weighted by atomic mass is 9.54. The van der Waals surface area contributed by atoms with Gasteiger partial charge in [-0.15, -0.1) is 0 Å². The zero-order valence-corrected chi connectivity index (χ0v) is 11.6. The van der Waals surface area contributed by atoms with Crippen LogP contribution >= 0.6 is 12.2 Å². The highest BCUT2D eigenvalue weighted by molar-refractivity contribution is 7.80. The Morgan fingerprint density at radius 1 is 1.06 bits per heavy atom. The molecule has 0 aromatic rings. The molecule has 4 bridgehead atoms. The predicted octanol–water partition coefficient (Wildman–Crippen LogP) is 2.69. The Kier molecular flexibility index (Phi) is 3.29. The topological polar surface area (TPSA) is 24.1 Å². The van der Waals surface area contributed by atoms with Crippen LogP contribution in [0.3, 0.4) is 0 Å². The maximum atomic E-state index is 5.40. The van der Waals surface area contributed by atoms with Crippen molar-refractivity contribution in [3.05, 3.63) is 0 Å². The second-order valence-electron chi connectivity index (χ2n) is 6.36. The molecule has 4 aliphatic carbocycles. The smallest absolute Gasteiger partial charge is 0.166 e. The summed E-state index contributed by atoms with van der Waals surface area (Å²) in [5, 5.41) is 7.82. The van der Waals surface area contributed by atoms with E-state index in [4.69, 9.17) is 12.2 Å². The highest BCUT2D eigenvalue weighted by Gasteiger charge is 2.48. The SMILES string of the molecule is CCCNC(=S)NC1C2CC3CC(C2)CC1C3. The summed E-state index contributed by atoms with van der Waals surface area (Å²) in [7, 11) is 0. The van der Waals surface area contributed by atoms with E-state index >= 15 is 0 Å². The van der Waals surface area contributed by atoms with Crippen LogP contribution in [0.2, 0.25) is 0 Å². The van der Waals surface area contributed by atoms with Crippen molar-refractivity contribution in [1.82, 2.24) is 10.6 Å². The van der Waals surface area contributed by atoms with Gasteiger partial charge >= 0.3 is 0 Å². The highest BCUT2D eigenvalue weighted by Crippen LogP contribution is 2.53. The zero-order valence-electron chi connectivity index (χ0n) is 10.7. The molecule has 0 heterocycles. The molecular weight excluding hydrogens is 228 g/mol. The molecule has 0 saturated heterocycles. The van der Waals surface area contributed by atoms with Gasteiger partial charge in [-0.1, -0.05) is 6.92 Å². The largest absolute Gasteiger partial charge is 0.363 e. The molecule has 0 spiro atoms. The zero-order chi connectivity index (χ0) is 11.8. The molecule has 2 nitrogen and oxygen atoms in total. The van der Waals surface area contributed by atoms with Crippen molar-refractivity contribution in [3.63, 3.8) is 0 Å². The number of rotatable bonds is 3. The van der Waals surface area contributed by atoms with Crippen molar-refractivity contribution in [2.45, 2.75) is 51.5 Å². The fourth-order valence-corrected chi connectivity index (χ4v) is 4.84. The van der Waals surface area contributed by atoms with Gasteiger partial charge in [0, 0.05) is 12.6 Å². The Hall–Kier alpha value is -0.310. The summed E-state index contributed by atoms with van der Waals surface area (Å²) in [5.41, 5.74) is 0. The third kappa shape index (κ3) is 2.31. The summed E-state index contributed by atoms with van der Waals surface area (Å²) in [6.45, 7) is 3.18. The van der Waals surface area contributed by atoms with Gasteiger partial charge in [-0.3, -0.25) is 0 Å². The van der Waals surface area contributed by atoms with Gasteiger partial charge in [-0.05, 0) is 74.4 Å². The van der Waals surface area contributed by atoms with Crippen LogP contribution in [0.15, 0.2) is 0 Å². The van der Waals surface area contributed by atoms with Gasteiger partial charge in [-0.2, -0.15) is 0 Å². The first-order valence-corrected chi connectivity index (χ1v) is 7.71. The fourth-order valence-electron chi connectivity index (χ4n) is 4.60. The monoisotopic (exact) mass is 252 g/mol. The first kappa shape index (κ1) is 11.8. The van der Waals surface area contributed by atoms with E-state index in [1.54, 1.807) is 0 Å². The van der Waals surface area contributed by atoms with Gasteiger partial charge in [-0.25, -0.2) is 0 Å². The number of hydrogen-bond donors (Lipinski definition) is 2. The molecule has 0 aromatic heterocycles. The standard InChI is InChI=1S/C14H24N2S/c1-2-3-15-14(17)16-13-11-5-9-4-10(7-11)8-12(13)6-9/h9-13H,2-8H2,1H3,(H2,15,16,17). The van der Waals surface area contributed by atoms with E-state index in [1.165, 1.54) is 32.1 Å². The quantitative estimate of drug-likeness (QED) is 0.755. The van der Waals surface area contributed by atoms with Crippen LogP contribution in [0.4, 0.5) is 0 Å². The van der Waals surface area contributed by atoms with E-state index in [1.807, 2.05) is 0 Å². The lowest BCUT2D eigenvalue weighted by Crippen LogP contribution is -2.57. The van der Waals surface area contributed by atoms with E-state index in [2.05, 4.69) is 17.6 Å². The summed E-state index contributed by atoms with van der Waals surface area (Å²) in [6.07, 6.45) is 8.51. The van der Waals surface area contributed by atoms with Crippen LogP contribution in [0.1, 0.15) is 45.4 Å². The highest BCUT2D eigenvalue weighted by atomic mass is 32.1. The molecule has 4 rings (SSSR count). The Morgan fingerprint density at radius 3 is 2.18 bits per heavy atom. The van der Waals surface area contributed by atoms with E-state index in [0.717, 1.165) is 41.7 Å². The summed E-state index contributed by atoms with van der Waals surface area (Å²) in [5.74, 6) is 3.92. The maximum Gasteiger partial charge on any atom is 0.166 e. The summed E-state index contributed by atoms with van der Waals surface area (Å²) < 4.78 is 0. The Labute approximate surface area is 110 Å². The summed E-state index contributed by atoms with van der Waals surface area (Å²) >= 11 is 5.40. The fraction of sp³-hybridized carbons (Fsp3) is 0.929. The summed E-state index contributed by atoms with van der Waals surface area (Å²) in [4.78, 5) is 0. The first-order valence-electron chi connectivity index (χ1n) is 7.30. The molecule has 3 heteroatoms. The minimum atomic E-state index is 0.680. The summed E-state index contributed by atoms with van der Waals surface area (Å²) in [6, 6.07) is 0.680. The lowest BCUT2D eigenvalue weighted by Gasteiger charge is -2.54. The van der Waals surface area contributed by atoms with Crippen molar-refractivity contribution in [1.29, 1.82) is 0 Å². The minimum absolute atomic E-state index is 0.680. The van der Waals surface area contributed by atoms with E-state index in [9.17, 15) is 0 Å². The molecule has 96 valence electrons. The van der Waals surface area contributed by atoms with Gasteiger partial charge in [0.25, 0.3) is 0 Å². The molecule has 4 aliphatic rings. The van der Waals surface area contributed by atoms with Crippen LogP contribution in [-0.2, 0) is 0 Å². The minimum Gasteiger partial charge on any atom is -0.363 e. The molecule has 0 unspecified atom stereocenters. The van der Waals surface area contributed by atoms with Crippen molar-refractivity contribution < 1.29 is 0 Å². The van der Waals surface area contributed by atoms with Gasteiger partial charge in [0.05, 0.1) is 0 Å². The van der Waals surface area contributed by atoms with Crippen LogP contribution < -0.4 is 10.6 Å². The third-order valence-corrected chi connectivity index (χ3v) is 5.32. The van der Waals surface area contributed by atoms with Gasteiger partial charge < -0.3 is 10.6 Å². The van der Waals surface area contributed by atoms with Crippen LogP contribution in [0.5, 0.6) is 0 Å². The Bertz CT molecular complexity index is 275. The normalized spacial score (nSPS) is 42.5. The van der Waals surface area contributed by atoms with E-state index < -0.39 is 0 Å². The second-order valence-corrected chi connectivity index (χ2v) is 6.76. The third-order valence-electron chi connectivity index (χ3n) is 5.06. The molecule has 0 amide bonds. The lowest BCUT2D eigenvalue weighted by molar-refractivity contribution is -0.00693. The van der Waals surface area contributed by atoms with Gasteiger partial charge in [0.1, 0.15) is 0 Å².